The summed E-state index contributed by atoms with van der Waals surface area (Å²) in [5.41, 5.74) is 0.619. The first-order chi connectivity index (χ1) is 11.6. The van der Waals surface area contributed by atoms with Gasteiger partial charge in [0.25, 0.3) is 5.91 Å². The van der Waals surface area contributed by atoms with Gasteiger partial charge < -0.3 is 15.0 Å². The maximum atomic E-state index is 12.0. The normalized spacial score (nSPS) is 10.2. The fraction of sp³-hybridized carbons (Fsp3) is 0.294. The van der Waals surface area contributed by atoms with Gasteiger partial charge in [0, 0.05) is 31.0 Å². The average molecular weight is 367 g/mol. The molecule has 2 amide bonds. The van der Waals surface area contributed by atoms with Gasteiger partial charge in [-0.25, -0.2) is 0 Å². The lowest BCUT2D eigenvalue weighted by molar-refractivity contribution is -0.130. The SMILES string of the molecule is CN(CCOc1ccccc1Cl)C(=O)CCNC(=O)c1ccsc1. The van der Waals surface area contributed by atoms with Crippen molar-refractivity contribution in [3.05, 3.63) is 51.7 Å². The largest absolute Gasteiger partial charge is 0.490 e. The fourth-order valence-corrected chi connectivity index (χ4v) is 2.77. The molecular formula is C17H19ClN2O3S. The van der Waals surface area contributed by atoms with Crippen LogP contribution in [0.15, 0.2) is 41.1 Å². The van der Waals surface area contributed by atoms with Gasteiger partial charge in [0.15, 0.2) is 0 Å². The molecule has 24 heavy (non-hydrogen) atoms. The van der Waals surface area contributed by atoms with E-state index in [1.807, 2.05) is 17.5 Å². The summed E-state index contributed by atoms with van der Waals surface area (Å²) in [6.45, 7) is 1.11. The maximum absolute atomic E-state index is 12.0. The number of carbonyl (C=O) groups is 2. The lowest BCUT2D eigenvalue weighted by Gasteiger charge is -2.18. The van der Waals surface area contributed by atoms with Crippen LogP contribution in [0.3, 0.4) is 0 Å². The summed E-state index contributed by atoms with van der Waals surface area (Å²) in [5.74, 6) is 0.389. The van der Waals surface area contributed by atoms with Crippen LogP contribution < -0.4 is 10.1 Å². The molecule has 0 saturated heterocycles. The van der Waals surface area contributed by atoms with Crippen LogP contribution in [0.4, 0.5) is 0 Å². The molecule has 0 aliphatic heterocycles. The summed E-state index contributed by atoms with van der Waals surface area (Å²) in [5, 5.41) is 6.89. The monoisotopic (exact) mass is 366 g/mol. The zero-order valence-corrected chi connectivity index (χ0v) is 14.9. The maximum Gasteiger partial charge on any atom is 0.252 e. The number of benzene rings is 1. The molecule has 1 N–H and O–H groups in total. The van der Waals surface area contributed by atoms with E-state index in [4.69, 9.17) is 16.3 Å². The molecule has 0 fully saturated rings. The predicted molar refractivity (Wildman–Crippen MR) is 95.9 cm³/mol. The van der Waals surface area contributed by atoms with Crippen LogP contribution in [0.2, 0.25) is 5.02 Å². The van der Waals surface area contributed by atoms with Crippen LogP contribution in [0, 0.1) is 0 Å². The molecular weight excluding hydrogens is 348 g/mol. The summed E-state index contributed by atoms with van der Waals surface area (Å²) >= 11 is 7.46. The van der Waals surface area contributed by atoms with E-state index in [-0.39, 0.29) is 18.2 Å². The molecule has 2 rings (SSSR count). The van der Waals surface area contributed by atoms with E-state index >= 15 is 0 Å². The first-order valence-electron chi connectivity index (χ1n) is 7.49. The number of amides is 2. The Bertz CT molecular complexity index is 676. The Hall–Kier alpha value is -2.05. The van der Waals surface area contributed by atoms with E-state index < -0.39 is 0 Å². The number of likely N-dealkylation sites (N-methyl/N-ethyl adjacent to an activating group) is 1. The summed E-state index contributed by atoms with van der Waals surface area (Å²) in [7, 11) is 1.71. The molecule has 5 nitrogen and oxygen atoms in total. The molecule has 0 unspecified atom stereocenters. The summed E-state index contributed by atoms with van der Waals surface area (Å²) in [6.07, 6.45) is 0.248. The predicted octanol–water partition coefficient (Wildman–Crippen LogP) is 3.06. The van der Waals surface area contributed by atoms with Gasteiger partial charge in [-0.15, -0.1) is 0 Å². The fourth-order valence-electron chi connectivity index (χ4n) is 1.95. The van der Waals surface area contributed by atoms with Crippen LogP contribution >= 0.6 is 22.9 Å². The van der Waals surface area contributed by atoms with Crippen LogP contribution in [-0.2, 0) is 4.79 Å². The lowest BCUT2D eigenvalue weighted by atomic mass is 10.3. The first kappa shape index (κ1) is 18.3. The number of carbonyl (C=O) groups excluding carboxylic acids is 2. The topological polar surface area (TPSA) is 58.6 Å². The number of para-hydroxylation sites is 1. The molecule has 1 aromatic heterocycles. The van der Waals surface area contributed by atoms with Gasteiger partial charge in [-0.1, -0.05) is 23.7 Å². The average Bonchev–Trinajstić information content (AvgIpc) is 3.11. The second-order valence-electron chi connectivity index (χ2n) is 5.11. The zero-order chi connectivity index (χ0) is 17.4. The van der Waals surface area contributed by atoms with Gasteiger partial charge in [-0.3, -0.25) is 9.59 Å². The Morgan fingerprint density at radius 1 is 1.29 bits per heavy atom. The van der Waals surface area contributed by atoms with Gasteiger partial charge >= 0.3 is 0 Å². The highest BCUT2D eigenvalue weighted by atomic mass is 35.5. The van der Waals surface area contributed by atoms with Gasteiger partial charge in [-0.05, 0) is 23.6 Å². The van der Waals surface area contributed by atoms with Crippen molar-refractivity contribution in [2.45, 2.75) is 6.42 Å². The van der Waals surface area contributed by atoms with Crippen LogP contribution in [0.1, 0.15) is 16.8 Å². The highest BCUT2D eigenvalue weighted by Crippen LogP contribution is 2.22. The van der Waals surface area contributed by atoms with Gasteiger partial charge in [0.2, 0.25) is 5.91 Å². The van der Waals surface area contributed by atoms with Crippen molar-refractivity contribution in [2.75, 3.05) is 26.7 Å². The second kappa shape index (κ2) is 9.30. The highest BCUT2D eigenvalue weighted by Gasteiger charge is 2.11. The Labute approximate surface area is 150 Å². The van der Waals surface area contributed by atoms with E-state index in [1.165, 1.54) is 11.3 Å². The quantitative estimate of drug-likeness (QED) is 0.781. The van der Waals surface area contributed by atoms with Gasteiger partial charge in [0.05, 0.1) is 11.6 Å². The minimum atomic E-state index is -0.159. The lowest BCUT2D eigenvalue weighted by Crippen LogP contribution is -2.34. The molecule has 1 heterocycles. The Balaban J connectivity index is 1.65. The smallest absolute Gasteiger partial charge is 0.252 e. The Morgan fingerprint density at radius 3 is 2.79 bits per heavy atom. The molecule has 0 bridgehead atoms. The molecule has 1 aromatic carbocycles. The van der Waals surface area contributed by atoms with E-state index in [0.717, 1.165) is 0 Å². The molecule has 128 valence electrons. The van der Waals surface area contributed by atoms with Gasteiger partial charge in [0.1, 0.15) is 12.4 Å². The number of nitrogens with one attached hydrogen (secondary N) is 1. The zero-order valence-electron chi connectivity index (χ0n) is 13.3. The number of nitrogens with zero attached hydrogens (tertiary/aromatic N) is 1. The number of hydrogen-bond donors (Lipinski definition) is 1. The molecule has 0 aliphatic carbocycles. The van der Waals surface area contributed by atoms with Crippen LogP contribution in [0.25, 0.3) is 0 Å². The standard InChI is InChI=1S/C17H19ClN2O3S/c1-20(9-10-23-15-5-3-2-4-14(15)18)16(21)6-8-19-17(22)13-7-11-24-12-13/h2-5,7,11-12H,6,8-10H2,1H3,(H,19,22). The van der Waals surface area contributed by atoms with E-state index in [2.05, 4.69) is 5.32 Å². The van der Waals surface area contributed by atoms with E-state index in [0.29, 0.717) is 36.0 Å². The minimum Gasteiger partial charge on any atom is -0.490 e. The minimum absolute atomic E-state index is 0.0524. The third-order valence-electron chi connectivity index (χ3n) is 3.35. The van der Waals surface area contributed by atoms with E-state index in [9.17, 15) is 9.59 Å². The second-order valence-corrected chi connectivity index (χ2v) is 6.30. The van der Waals surface area contributed by atoms with Gasteiger partial charge in [-0.2, -0.15) is 11.3 Å². The van der Waals surface area contributed by atoms with Crippen LogP contribution in [-0.4, -0.2) is 43.5 Å². The molecule has 0 atom stereocenters. The summed E-state index contributed by atoms with van der Waals surface area (Å²) < 4.78 is 5.55. The summed E-state index contributed by atoms with van der Waals surface area (Å²) in [6, 6.07) is 8.95. The van der Waals surface area contributed by atoms with Crippen molar-refractivity contribution < 1.29 is 14.3 Å². The molecule has 0 aliphatic rings. The number of halogens is 1. The third kappa shape index (κ3) is 5.54. The van der Waals surface area contributed by atoms with Crippen molar-refractivity contribution in [2.24, 2.45) is 0 Å². The van der Waals surface area contributed by atoms with E-state index in [1.54, 1.807) is 35.5 Å². The van der Waals surface area contributed by atoms with Crippen molar-refractivity contribution in [3.8, 4) is 5.75 Å². The number of rotatable bonds is 8. The Morgan fingerprint density at radius 2 is 2.08 bits per heavy atom. The van der Waals surface area contributed by atoms with Crippen LogP contribution in [0.5, 0.6) is 5.75 Å². The molecule has 0 spiro atoms. The van der Waals surface area contributed by atoms with Crippen molar-refractivity contribution in [3.63, 3.8) is 0 Å². The molecule has 0 saturated carbocycles. The van der Waals surface area contributed by atoms with Crippen molar-refractivity contribution >= 4 is 34.8 Å². The number of ether oxygens (including phenoxy) is 1. The summed E-state index contributed by atoms with van der Waals surface area (Å²) in [4.78, 5) is 25.3. The third-order valence-corrected chi connectivity index (χ3v) is 4.35. The molecule has 7 heteroatoms. The Kier molecular flexibility index (Phi) is 7.08. The molecule has 2 aromatic rings. The molecule has 0 radical (unpaired) electrons. The first-order valence-corrected chi connectivity index (χ1v) is 8.81. The number of thiophene rings is 1. The number of hydrogen-bond acceptors (Lipinski definition) is 4. The highest BCUT2D eigenvalue weighted by molar-refractivity contribution is 7.08. The van der Waals surface area contributed by atoms with Crippen molar-refractivity contribution in [1.82, 2.24) is 10.2 Å². The van der Waals surface area contributed by atoms with Crippen molar-refractivity contribution in [1.29, 1.82) is 0 Å².